The molecule has 0 saturated carbocycles. The van der Waals surface area contributed by atoms with E-state index in [-0.39, 0.29) is 5.97 Å². The molecular weight excluding hydrogens is 188 g/mol. The second kappa shape index (κ2) is 6.44. The van der Waals surface area contributed by atoms with E-state index in [1.165, 1.54) is 5.57 Å². The van der Waals surface area contributed by atoms with Crippen molar-refractivity contribution >= 4 is 5.97 Å². The van der Waals surface area contributed by atoms with Crippen LogP contribution in [0.3, 0.4) is 0 Å². The van der Waals surface area contributed by atoms with E-state index < -0.39 is 5.60 Å². The molecule has 0 aliphatic heterocycles. The first-order chi connectivity index (χ1) is 6.93. The Kier molecular flexibility index (Phi) is 5.99. The maximum Gasteiger partial charge on any atom is 0.306 e. The van der Waals surface area contributed by atoms with E-state index >= 15 is 0 Å². The van der Waals surface area contributed by atoms with E-state index in [1.807, 2.05) is 6.92 Å². The molecule has 0 aromatic rings. The van der Waals surface area contributed by atoms with Crippen LogP contribution in [-0.4, -0.2) is 11.6 Å². The van der Waals surface area contributed by atoms with Crippen LogP contribution in [0.15, 0.2) is 24.3 Å². The minimum Gasteiger partial charge on any atom is -0.455 e. The van der Waals surface area contributed by atoms with Gasteiger partial charge in [0.15, 0.2) is 0 Å². The van der Waals surface area contributed by atoms with Gasteiger partial charge in [0.25, 0.3) is 0 Å². The highest BCUT2D eigenvalue weighted by atomic mass is 16.6. The van der Waals surface area contributed by atoms with Crippen LogP contribution in [-0.2, 0) is 9.53 Å². The van der Waals surface area contributed by atoms with E-state index in [0.717, 1.165) is 12.8 Å². The third kappa shape index (κ3) is 6.10. The summed E-state index contributed by atoms with van der Waals surface area (Å²) in [5.41, 5.74) is 0.752. The highest BCUT2D eigenvalue weighted by Gasteiger charge is 2.23. The summed E-state index contributed by atoms with van der Waals surface area (Å²) < 4.78 is 5.33. The number of carbonyl (C=O) groups excluding carboxylic acids is 1. The lowest BCUT2D eigenvalue weighted by atomic mass is 9.99. The smallest absolute Gasteiger partial charge is 0.306 e. The molecule has 0 aliphatic carbocycles. The fraction of sp³-hybridized carbons (Fsp3) is 0.615. The summed E-state index contributed by atoms with van der Waals surface area (Å²) in [6.07, 6.45) is 5.95. The predicted molar refractivity (Wildman–Crippen MR) is 63.7 cm³/mol. The average Bonchev–Trinajstić information content (AvgIpc) is 2.17. The highest BCUT2D eigenvalue weighted by molar-refractivity contribution is 5.69. The van der Waals surface area contributed by atoms with Gasteiger partial charge in [-0.2, -0.15) is 0 Å². The first-order valence-electron chi connectivity index (χ1n) is 5.42. The van der Waals surface area contributed by atoms with Gasteiger partial charge in [-0.1, -0.05) is 25.2 Å². The van der Waals surface area contributed by atoms with Crippen LogP contribution in [0.2, 0.25) is 0 Å². The molecule has 0 heterocycles. The molecule has 0 aliphatic rings. The quantitative estimate of drug-likeness (QED) is 0.494. The summed E-state index contributed by atoms with van der Waals surface area (Å²) in [6.45, 7) is 11.5. The molecule has 0 saturated heterocycles. The Balaban J connectivity index is 4.25. The van der Waals surface area contributed by atoms with Gasteiger partial charge >= 0.3 is 5.97 Å². The molecule has 86 valence electrons. The highest BCUT2D eigenvalue weighted by Crippen LogP contribution is 2.20. The SMILES string of the molecule is C=C[C@](C)(CCC=C(C)C)OC(=O)CC. The lowest BCUT2D eigenvalue weighted by molar-refractivity contribution is -0.153. The number of hydrogen-bond acceptors (Lipinski definition) is 2. The van der Waals surface area contributed by atoms with Crippen molar-refractivity contribution in [2.24, 2.45) is 0 Å². The van der Waals surface area contributed by atoms with Gasteiger partial charge in [0.2, 0.25) is 0 Å². The minimum atomic E-state index is -0.529. The number of ether oxygens (including phenoxy) is 1. The molecule has 2 heteroatoms. The lowest BCUT2D eigenvalue weighted by Gasteiger charge is -2.25. The molecule has 15 heavy (non-hydrogen) atoms. The Bertz CT molecular complexity index is 249. The molecule has 0 aromatic carbocycles. The molecule has 0 bridgehead atoms. The summed E-state index contributed by atoms with van der Waals surface area (Å²) >= 11 is 0. The number of carbonyl (C=O) groups is 1. The van der Waals surface area contributed by atoms with Crippen molar-refractivity contribution in [3.8, 4) is 0 Å². The first-order valence-corrected chi connectivity index (χ1v) is 5.42. The van der Waals surface area contributed by atoms with Gasteiger partial charge in [-0.15, -0.1) is 0 Å². The molecule has 0 N–H and O–H groups in total. The third-order valence-corrected chi connectivity index (χ3v) is 2.26. The van der Waals surface area contributed by atoms with E-state index in [9.17, 15) is 4.79 Å². The second-order valence-electron chi connectivity index (χ2n) is 4.16. The molecule has 2 nitrogen and oxygen atoms in total. The van der Waals surface area contributed by atoms with Crippen LogP contribution in [0.25, 0.3) is 0 Å². The topological polar surface area (TPSA) is 26.3 Å². The maximum absolute atomic E-state index is 11.2. The molecule has 0 aromatic heterocycles. The molecular formula is C13H22O2. The fourth-order valence-electron chi connectivity index (χ4n) is 1.17. The second-order valence-corrected chi connectivity index (χ2v) is 4.16. The van der Waals surface area contributed by atoms with Gasteiger partial charge < -0.3 is 4.74 Å². The standard InChI is InChI=1S/C13H22O2/c1-6-12(14)15-13(5,7-2)10-8-9-11(3)4/h7,9H,2,6,8,10H2,1,3-5H3/t13-/m1/s1. The van der Waals surface area contributed by atoms with E-state index in [0.29, 0.717) is 6.42 Å². The van der Waals surface area contributed by atoms with E-state index in [2.05, 4.69) is 26.5 Å². The van der Waals surface area contributed by atoms with Crippen molar-refractivity contribution in [3.05, 3.63) is 24.3 Å². The minimum absolute atomic E-state index is 0.172. The maximum atomic E-state index is 11.2. The predicted octanol–water partition coefficient (Wildman–Crippen LogP) is 3.63. The monoisotopic (exact) mass is 210 g/mol. The average molecular weight is 210 g/mol. The van der Waals surface area contributed by atoms with Crippen LogP contribution in [0.5, 0.6) is 0 Å². The summed E-state index contributed by atoms with van der Waals surface area (Å²) in [4.78, 5) is 11.2. The van der Waals surface area contributed by atoms with Crippen LogP contribution in [0, 0.1) is 0 Å². The van der Waals surface area contributed by atoms with Crippen LogP contribution >= 0.6 is 0 Å². The van der Waals surface area contributed by atoms with Crippen LogP contribution < -0.4 is 0 Å². The van der Waals surface area contributed by atoms with Crippen LogP contribution in [0.1, 0.15) is 47.0 Å². The summed E-state index contributed by atoms with van der Waals surface area (Å²) in [5.74, 6) is -0.172. The summed E-state index contributed by atoms with van der Waals surface area (Å²) in [7, 11) is 0. The Labute approximate surface area is 93.0 Å². The molecule has 0 radical (unpaired) electrons. The van der Waals surface area contributed by atoms with Gasteiger partial charge in [-0.3, -0.25) is 4.79 Å². The Morgan fingerprint density at radius 1 is 1.47 bits per heavy atom. The van der Waals surface area contributed by atoms with E-state index in [4.69, 9.17) is 4.74 Å². The Morgan fingerprint density at radius 3 is 2.47 bits per heavy atom. The molecule has 0 rings (SSSR count). The van der Waals surface area contributed by atoms with E-state index in [1.54, 1.807) is 13.0 Å². The zero-order valence-corrected chi connectivity index (χ0v) is 10.3. The number of hydrogen-bond donors (Lipinski definition) is 0. The zero-order valence-electron chi connectivity index (χ0n) is 10.3. The van der Waals surface area contributed by atoms with Gasteiger partial charge in [0.1, 0.15) is 5.60 Å². The van der Waals surface area contributed by atoms with Gasteiger partial charge in [-0.25, -0.2) is 0 Å². The molecule has 0 amide bonds. The van der Waals surface area contributed by atoms with Crippen LogP contribution in [0.4, 0.5) is 0 Å². The number of allylic oxidation sites excluding steroid dienone is 2. The van der Waals surface area contributed by atoms with Crippen molar-refractivity contribution in [2.75, 3.05) is 0 Å². The molecule has 0 spiro atoms. The normalized spacial score (nSPS) is 13.9. The van der Waals surface area contributed by atoms with Crippen molar-refractivity contribution < 1.29 is 9.53 Å². The number of rotatable bonds is 6. The largest absolute Gasteiger partial charge is 0.455 e. The first kappa shape index (κ1) is 13.9. The Hall–Kier alpha value is -1.05. The van der Waals surface area contributed by atoms with Gasteiger partial charge in [0.05, 0.1) is 0 Å². The van der Waals surface area contributed by atoms with Crippen molar-refractivity contribution in [1.82, 2.24) is 0 Å². The van der Waals surface area contributed by atoms with Crippen molar-refractivity contribution in [3.63, 3.8) is 0 Å². The fourth-order valence-corrected chi connectivity index (χ4v) is 1.17. The lowest BCUT2D eigenvalue weighted by Crippen LogP contribution is -2.28. The van der Waals surface area contributed by atoms with Gasteiger partial charge in [0, 0.05) is 6.42 Å². The number of esters is 1. The third-order valence-electron chi connectivity index (χ3n) is 2.26. The Morgan fingerprint density at radius 2 is 2.07 bits per heavy atom. The summed E-state index contributed by atoms with van der Waals surface area (Å²) in [5, 5.41) is 0. The van der Waals surface area contributed by atoms with Crippen molar-refractivity contribution in [2.45, 2.75) is 52.6 Å². The molecule has 0 unspecified atom stereocenters. The molecule has 1 atom stereocenters. The van der Waals surface area contributed by atoms with Gasteiger partial charge in [-0.05, 0) is 39.7 Å². The van der Waals surface area contributed by atoms with Crippen molar-refractivity contribution in [1.29, 1.82) is 0 Å². The zero-order chi connectivity index (χ0) is 11.9. The molecule has 0 fully saturated rings. The summed E-state index contributed by atoms with van der Waals surface area (Å²) in [6, 6.07) is 0.